The van der Waals surface area contributed by atoms with E-state index < -0.39 is 0 Å². The summed E-state index contributed by atoms with van der Waals surface area (Å²) in [5.74, 6) is 0.0202. The van der Waals surface area contributed by atoms with Gasteiger partial charge in [0.1, 0.15) is 5.75 Å². The van der Waals surface area contributed by atoms with Gasteiger partial charge in [0.05, 0.1) is 0 Å². The molecule has 0 fully saturated rings. The van der Waals surface area contributed by atoms with E-state index >= 15 is 0 Å². The van der Waals surface area contributed by atoms with Crippen molar-refractivity contribution in [3.8, 4) is 5.75 Å². The van der Waals surface area contributed by atoms with Crippen LogP contribution in [0, 0.1) is 6.92 Å². The number of anilines is 1. The lowest BCUT2D eigenvalue weighted by molar-refractivity contribution is -0.111. The van der Waals surface area contributed by atoms with Crippen LogP contribution in [0.5, 0.6) is 5.75 Å². The third-order valence-corrected chi connectivity index (χ3v) is 2.69. The molecule has 0 aliphatic carbocycles. The van der Waals surface area contributed by atoms with Gasteiger partial charge >= 0.3 is 0 Å². The van der Waals surface area contributed by atoms with Crippen LogP contribution in [0.25, 0.3) is 6.08 Å². The predicted octanol–water partition coefficient (Wildman–Crippen LogP) is 3.35. The van der Waals surface area contributed by atoms with Crippen molar-refractivity contribution in [2.75, 3.05) is 5.32 Å². The molecule has 3 heteroatoms. The summed E-state index contributed by atoms with van der Waals surface area (Å²) >= 11 is 0. The highest BCUT2D eigenvalue weighted by Crippen LogP contribution is 2.20. The molecule has 19 heavy (non-hydrogen) atoms. The van der Waals surface area contributed by atoms with Gasteiger partial charge in [-0.1, -0.05) is 30.3 Å². The molecule has 0 radical (unpaired) electrons. The van der Waals surface area contributed by atoms with Gasteiger partial charge in [-0.3, -0.25) is 4.79 Å². The molecule has 0 bridgehead atoms. The van der Waals surface area contributed by atoms with E-state index in [4.69, 9.17) is 0 Å². The first-order valence-electron chi connectivity index (χ1n) is 5.99. The molecule has 2 rings (SSSR count). The average molecular weight is 253 g/mol. The molecule has 0 saturated carbocycles. The number of aromatic hydroxyl groups is 1. The van der Waals surface area contributed by atoms with Gasteiger partial charge in [0, 0.05) is 11.8 Å². The average Bonchev–Trinajstić information content (AvgIpc) is 2.42. The summed E-state index contributed by atoms with van der Waals surface area (Å²) in [6.07, 6.45) is 3.24. The van der Waals surface area contributed by atoms with Crippen molar-refractivity contribution < 1.29 is 9.90 Å². The summed E-state index contributed by atoms with van der Waals surface area (Å²) in [5, 5.41) is 12.1. The van der Waals surface area contributed by atoms with E-state index in [-0.39, 0.29) is 11.7 Å². The number of hydrogen-bond donors (Lipinski definition) is 2. The molecule has 2 aromatic rings. The Hall–Kier alpha value is -2.55. The molecule has 96 valence electrons. The van der Waals surface area contributed by atoms with Gasteiger partial charge in [0.15, 0.2) is 0 Å². The highest BCUT2D eigenvalue weighted by atomic mass is 16.3. The van der Waals surface area contributed by atoms with Gasteiger partial charge in [-0.05, 0) is 42.3 Å². The molecule has 2 aromatic carbocycles. The quantitative estimate of drug-likeness (QED) is 0.651. The Balaban J connectivity index is 2.01. The third-order valence-electron chi connectivity index (χ3n) is 2.69. The van der Waals surface area contributed by atoms with E-state index in [2.05, 4.69) is 5.32 Å². The number of rotatable bonds is 3. The summed E-state index contributed by atoms with van der Waals surface area (Å²) < 4.78 is 0. The molecule has 0 spiro atoms. The molecular formula is C16H15NO2. The van der Waals surface area contributed by atoms with Crippen LogP contribution in [0.2, 0.25) is 0 Å². The Morgan fingerprint density at radius 2 is 1.89 bits per heavy atom. The number of aryl methyl sites for hydroxylation is 1. The molecule has 0 heterocycles. The second-order valence-electron chi connectivity index (χ2n) is 4.23. The second-order valence-corrected chi connectivity index (χ2v) is 4.23. The molecule has 2 N–H and O–H groups in total. The molecule has 0 saturated heterocycles. The summed E-state index contributed by atoms with van der Waals surface area (Å²) in [7, 11) is 0. The fourth-order valence-electron chi connectivity index (χ4n) is 1.65. The Labute approximate surface area is 112 Å². The van der Waals surface area contributed by atoms with Crippen molar-refractivity contribution in [2.45, 2.75) is 6.92 Å². The molecule has 0 aliphatic rings. The minimum absolute atomic E-state index is 0.200. The summed E-state index contributed by atoms with van der Waals surface area (Å²) in [5.41, 5.74) is 2.36. The van der Waals surface area contributed by atoms with E-state index in [0.29, 0.717) is 5.69 Å². The topological polar surface area (TPSA) is 49.3 Å². The number of benzene rings is 2. The van der Waals surface area contributed by atoms with E-state index in [1.54, 1.807) is 31.2 Å². The normalized spacial score (nSPS) is 10.6. The molecular weight excluding hydrogens is 238 g/mol. The van der Waals surface area contributed by atoms with Crippen molar-refractivity contribution in [3.63, 3.8) is 0 Å². The van der Waals surface area contributed by atoms with Gasteiger partial charge in [-0.25, -0.2) is 0 Å². The lowest BCUT2D eigenvalue weighted by atomic mass is 10.2. The van der Waals surface area contributed by atoms with E-state index in [9.17, 15) is 9.90 Å². The molecule has 0 unspecified atom stereocenters. The summed E-state index contributed by atoms with van der Waals surface area (Å²) in [6, 6.07) is 14.6. The monoisotopic (exact) mass is 253 g/mol. The molecule has 0 aliphatic heterocycles. The summed E-state index contributed by atoms with van der Waals surface area (Å²) in [4.78, 5) is 11.7. The van der Waals surface area contributed by atoms with Crippen LogP contribution in [0.3, 0.4) is 0 Å². The van der Waals surface area contributed by atoms with Crippen LogP contribution in [-0.4, -0.2) is 11.0 Å². The van der Waals surface area contributed by atoms with Crippen molar-refractivity contribution in [1.82, 2.24) is 0 Å². The lowest BCUT2D eigenvalue weighted by Crippen LogP contribution is -2.07. The van der Waals surface area contributed by atoms with Gasteiger partial charge in [-0.2, -0.15) is 0 Å². The van der Waals surface area contributed by atoms with Crippen LogP contribution in [0.1, 0.15) is 11.1 Å². The molecule has 3 nitrogen and oxygen atoms in total. The number of carbonyl (C=O) groups is 1. The Morgan fingerprint density at radius 1 is 1.16 bits per heavy atom. The Bertz CT molecular complexity index is 603. The highest BCUT2D eigenvalue weighted by molar-refractivity contribution is 6.02. The first-order chi connectivity index (χ1) is 9.15. The fourth-order valence-corrected chi connectivity index (χ4v) is 1.65. The maximum Gasteiger partial charge on any atom is 0.248 e. The zero-order valence-electron chi connectivity index (χ0n) is 10.6. The smallest absolute Gasteiger partial charge is 0.248 e. The Kier molecular flexibility index (Phi) is 3.98. The van der Waals surface area contributed by atoms with Gasteiger partial charge in [0.2, 0.25) is 5.91 Å². The van der Waals surface area contributed by atoms with Crippen LogP contribution in [-0.2, 0) is 4.79 Å². The van der Waals surface area contributed by atoms with Crippen LogP contribution in [0.4, 0.5) is 5.69 Å². The third kappa shape index (κ3) is 3.71. The Morgan fingerprint density at radius 3 is 2.58 bits per heavy atom. The van der Waals surface area contributed by atoms with E-state index in [1.807, 2.05) is 30.3 Å². The van der Waals surface area contributed by atoms with Crippen LogP contribution >= 0.6 is 0 Å². The SMILES string of the molecule is Cc1cc(NC(=O)/C=C/c2ccccc2)ccc1O. The second kappa shape index (κ2) is 5.87. The fraction of sp³-hybridized carbons (Fsp3) is 0.0625. The number of amides is 1. The molecule has 0 atom stereocenters. The van der Waals surface area contributed by atoms with Crippen molar-refractivity contribution in [2.24, 2.45) is 0 Å². The van der Waals surface area contributed by atoms with E-state index in [1.165, 1.54) is 6.08 Å². The first kappa shape index (κ1) is 12.9. The number of phenols is 1. The lowest BCUT2D eigenvalue weighted by Gasteiger charge is -2.04. The van der Waals surface area contributed by atoms with Gasteiger partial charge in [-0.15, -0.1) is 0 Å². The molecule has 0 aromatic heterocycles. The highest BCUT2D eigenvalue weighted by Gasteiger charge is 2.00. The van der Waals surface area contributed by atoms with Crippen LogP contribution < -0.4 is 5.32 Å². The standard InChI is InChI=1S/C16H15NO2/c1-12-11-14(8-9-15(12)18)17-16(19)10-7-13-5-3-2-4-6-13/h2-11,18H,1H3,(H,17,19)/b10-7+. The van der Waals surface area contributed by atoms with E-state index in [0.717, 1.165) is 11.1 Å². The maximum atomic E-state index is 11.7. The number of nitrogens with one attached hydrogen (secondary N) is 1. The number of carbonyl (C=O) groups excluding carboxylic acids is 1. The zero-order chi connectivity index (χ0) is 13.7. The van der Waals surface area contributed by atoms with Crippen molar-refractivity contribution in [3.05, 3.63) is 65.7 Å². The number of phenolic OH excluding ortho intramolecular Hbond substituents is 1. The predicted molar refractivity (Wildman–Crippen MR) is 76.9 cm³/mol. The number of hydrogen-bond acceptors (Lipinski definition) is 2. The first-order valence-corrected chi connectivity index (χ1v) is 5.99. The largest absolute Gasteiger partial charge is 0.508 e. The minimum Gasteiger partial charge on any atom is -0.508 e. The van der Waals surface area contributed by atoms with Crippen molar-refractivity contribution >= 4 is 17.7 Å². The summed E-state index contributed by atoms with van der Waals surface area (Å²) in [6.45, 7) is 1.78. The zero-order valence-corrected chi connectivity index (χ0v) is 10.6. The maximum absolute atomic E-state index is 11.7. The molecule has 1 amide bonds. The minimum atomic E-state index is -0.200. The van der Waals surface area contributed by atoms with Crippen LogP contribution in [0.15, 0.2) is 54.6 Å². The van der Waals surface area contributed by atoms with Gasteiger partial charge in [0.25, 0.3) is 0 Å². The van der Waals surface area contributed by atoms with Gasteiger partial charge < -0.3 is 10.4 Å². The van der Waals surface area contributed by atoms with Crippen molar-refractivity contribution in [1.29, 1.82) is 0 Å².